The fourth-order valence-corrected chi connectivity index (χ4v) is 5.42. The maximum atomic E-state index is 13.7. The molecule has 4 rings (SSSR count). The molecule has 1 saturated carbocycles. The molecule has 0 aromatic heterocycles. The number of rotatable bonds is 6. The quantitative estimate of drug-likeness (QED) is 0.676. The van der Waals surface area contributed by atoms with E-state index in [0.717, 1.165) is 37.9 Å². The van der Waals surface area contributed by atoms with E-state index in [-0.39, 0.29) is 11.3 Å². The van der Waals surface area contributed by atoms with Gasteiger partial charge in [-0.05, 0) is 36.7 Å². The summed E-state index contributed by atoms with van der Waals surface area (Å²) in [6.07, 6.45) is 7.80. The highest BCUT2D eigenvalue weighted by molar-refractivity contribution is 6.35. The SMILES string of the molecule is CCCCN1CCN([C@@H](C(=O)N2CCC3(CCCC3)C2)c2ccccc2)C(=O)C1=O. The summed E-state index contributed by atoms with van der Waals surface area (Å²) in [5.41, 5.74) is 1.06. The van der Waals surface area contributed by atoms with Crippen LogP contribution in [-0.4, -0.2) is 65.1 Å². The molecule has 0 bridgehead atoms. The van der Waals surface area contributed by atoms with Gasteiger partial charge in [0.05, 0.1) is 0 Å². The van der Waals surface area contributed by atoms with E-state index < -0.39 is 17.9 Å². The smallest absolute Gasteiger partial charge is 0.313 e. The van der Waals surface area contributed by atoms with Gasteiger partial charge in [0.1, 0.15) is 6.04 Å². The van der Waals surface area contributed by atoms with Crippen molar-refractivity contribution in [1.82, 2.24) is 14.7 Å². The maximum Gasteiger partial charge on any atom is 0.313 e. The lowest BCUT2D eigenvalue weighted by molar-refractivity contribution is -0.161. The van der Waals surface area contributed by atoms with Gasteiger partial charge in [-0.1, -0.05) is 56.5 Å². The topological polar surface area (TPSA) is 60.9 Å². The maximum absolute atomic E-state index is 13.7. The molecule has 3 fully saturated rings. The molecule has 0 N–H and O–H groups in total. The van der Waals surface area contributed by atoms with Crippen LogP contribution in [0, 0.1) is 5.41 Å². The Hall–Kier alpha value is -2.37. The first kappa shape index (κ1) is 20.9. The molecule has 2 heterocycles. The van der Waals surface area contributed by atoms with Crippen LogP contribution in [0.3, 0.4) is 0 Å². The predicted molar refractivity (Wildman–Crippen MR) is 114 cm³/mol. The second-order valence-corrected chi connectivity index (χ2v) is 9.17. The van der Waals surface area contributed by atoms with Gasteiger partial charge in [-0.15, -0.1) is 0 Å². The van der Waals surface area contributed by atoms with E-state index in [1.165, 1.54) is 30.6 Å². The standard InChI is InChI=1S/C24H33N3O3/c1-2-3-14-25-16-17-27(23(30)22(25)29)20(19-9-5-4-6-10-19)21(28)26-15-13-24(18-26)11-7-8-12-24/h4-6,9-10,20H,2-3,7-8,11-18H2,1H3/t20-/m1/s1. The third kappa shape index (κ3) is 3.96. The molecule has 0 unspecified atom stereocenters. The van der Waals surface area contributed by atoms with E-state index in [0.29, 0.717) is 19.6 Å². The van der Waals surface area contributed by atoms with Crippen LogP contribution < -0.4 is 0 Å². The number of carbonyl (C=O) groups excluding carboxylic acids is 3. The largest absolute Gasteiger partial charge is 0.340 e. The van der Waals surface area contributed by atoms with Crippen molar-refractivity contribution in [3.63, 3.8) is 0 Å². The second kappa shape index (κ2) is 8.78. The minimum atomic E-state index is -0.715. The third-order valence-corrected chi connectivity index (χ3v) is 7.20. The molecule has 3 amide bonds. The summed E-state index contributed by atoms with van der Waals surface area (Å²) in [7, 11) is 0. The fraction of sp³-hybridized carbons (Fsp3) is 0.625. The number of piperazine rings is 1. The number of hydrogen-bond donors (Lipinski definition) is 0. The van der Waals surface area contributed by atoms with Crippen molar-refractivity contribution in [3.8, 4) is 0 Å². The van der Waals surface area contributed by atoms with Crippen molar-refractivity contribution in [1.29, 1.82) is 0 Å². The van der Waals surface area contributed by atoms with Gasteiger partial charge in [0.15, 0.2) is 0 Å². The van der Waals surface area contributed by atoms with Gasteiger partial charge in [0.25, 0.3) is 0 Å². The second-order valence-electron chi connectivity index (χ2n) is 9.17. The number of hydrogen-bond acceptors (Lipinski definition) is 3. The molecular weight excluding hydrogens is 378 g/mol. The highest BCUT2D eigenvalue weighted by Crippen LogP contribution is 2.46. The molecule has 1 aliphatic carbocycles. The zero-order chi connectivity index (χ0) is 21.1. The van der Waals surface area contributed by atoms with E-state index in [1.54, 1.807) is 4.90 Å². The van der Waals surface area contributed by atoms with Gasteiger partial charge >= 0.3 is 11.8 Å². The van der Waals surface area contributed by atoms with Crippen LogP contribution in [0.15, 0.2) is 30.3 Å². The summed E-state index contributed by atoms with van der Waals surface area (Å²) < 4.78 is 0. The van der Waals surface area contributed by atoms with Crippen LogP contribution in [0.25, 0.3) is 0 Å². The molecule has 1 aromatic carbocycles. The predicted octanol–water partition coefficient (Wildman–Crippen LogP) is 2.99. The highest BCUT2D eigenvalue weighted by atomic mass is 16.2. The Labute approximate surface area is 179 Å². The molecule has 3 aliphatic rings. The Morgan fingerprint density at radius 2 is 1.73 bits per heavy atom. The Morgan fingerprint density at radius 1 is 1.00 bits per heavy atom. The van der Waals surface area contributed by atoms with Crippen molar-refractivity contribution in [2.45, 2.75) is 57.9 Å². The zero-order valence-electron chi connectivity index (χ0n) is 18.0. The van der Waals surface area contributed by atoms with E-state index in [1.807, 2.05) is 35.2 Å². The first-order chi connectivity index (χ1) is 14.5. The summed E-state index contributed by atoms with van der Waals surface area (Å²) in [4.78, 5) is 44.6. The molecule has 1 atom stereocenters. The first-order valence-electron chi connectivity index (χ1n) is 11.5. The summed E-state index contributed by atoms with van der Waals surface area (Å²) in [5.74, 6) is -1.06. The van der Waals surface area contributed by atoms with Crippen molar-refractivity contribution in [3.05, 3.63) is 35.9 Å². The van der Waals surface area contributed by atoms with Crippen molar-refractivity contribution in [2.24, 2.45) is 5.41 Å². The summed E-state index contributed by atoms with van der Waals surface area (Å²) in [5, 5.41) is 0. The fourth-order valence-electron chi connectivity index (χ4n) is 5.42. The molecule has 2 saturated heterocycles. The number of nitrogens with zero attached hydrogens (tertiary/aromatic N) is 3. The summed E-state index contributed by atoms with van der Waals surface area (Å²) >= 11 is 0. The van der Waals surface area contributed by atoms with Crippen molar-refractivity contribution in [2.75, 3.05) is 32.7 Å². The molecule has 2 aliphatic heterocycles. The van der Waals surface area contributed by atoms with Crippen LogP contribution in [-0.2, 0) is 14.4 Å². The molecule has 0 radical (unpaired) electrons. The Bertz CT molecular complexity index is 788. The van der Waals surface area contributed by atoms with Gasteiger partial charge in [0, 0.05) is 32.7 Å². The number of unbranched alkanes of at least 4 members (excludes halogenated alkanes) is 1. The first-order valence-corrected chi connectivity index (χ1v) is 11.5. The van der Waals surface area contributed by atoms with Crippen LogP contribution in [0.5, 0.6) is 0 Å². The van der Waals surface area contributed by atoms with Gasteiger partial charge in [-0.2, -0.15) is 0 Å². The molecule has 6 heteroatoms. The van der Waals surface area contributed by atoms with Gasteiger partial charge in [-0.25, -0.2) is 0 Å². The Kier molecular flexibility index (Phi) is 6.11. The average Bonchev–Trinajstić information content (AvgIpc) is 3.41. The lowest BCUT2D eigenvalue weighted by Gasteiger charge is -2.39. The van der Waals surface area contributed by atoms with Gasteiger partial charge in [0.2, 0.25) is 5.91 Å². The highest BCUT2D eigenvalue weighted by Gasteiger charge is 2.46. The minimum absolute atomic E-state index is 0.0341. The van der Waals surface area contributed by atoms with E-state index >= 15 is 0 Å². The molecule has 1 aromatic rings. The Balaban J connectivity index is 1.56. The van der Waals surface area contributed by atoms with E-state index in [2.05, 4.69) is 6.92 Å². The molecular formula is C24H33N3O3. The van der Waals surface area contributed by atoms with Crippen LogP contribution >= 0.6 is 0 Å². The molecule has 1 spiro atoms. The number of benzene rings is 1. The minimum Gasteiger partial charge on any atom is -0.340 e. The molecule has 162 valence electrons. The third-order valence-electron chi connectivity index (χ3n) is 7.20. The number of likely N-dealkylation sites (tertiary alicyclic amines) is 1. The Morgan fingerprint density at radius 3 is 2.43 bits per heavy atom. The lowest BCUT2D eigenvalue weighted by Crippen LogP contribution is -2.57. The monoisotopic (exact) mass is 411 g/mol. The van der Waals surface area contributed by atoms with Crippen molar-refractivity contribution < 1.29 is 14.4 Å². The molecule has 30 heavy (non-hydrogen) atoms. The average molecular weight is 412 g/mol. The summed E-state index contributed by atoms with van der Waals surface area (Å²) in [6, 6.07) is 8.76. The number of amides is 3. The normalized spacial score (nSPS) is 22.2. The van der Waals surface area contributed by atoms with Gasteiger partial charge in [-0.3, -0.25) is 14.4 Å². The van der Waals surface area contributed by atoms with Crippen LogP contribution in [0.1, 0.15) is 63.5 Å². The molecule has 6 nitrogen and oxygen atoms in total. The zero-order valence-corrected chi connectivity index (χ0v) is 18.0. The van der Waals surface area contributed by atoms with E-state index in [4.69, 9.17) is 0 Å². The van der Waals surface area contributed by atoms with Crippen molar-refractivity contribution >= 4 is 17.7 Å². The number of carbonyl (C=O) groups is 3. The van der Waals surface area contributed by atoms with Crippen LogP contribution in [0.4, 0.5) is 0 Å². The van der Waals surface area contributed by atoms with Crippen LogP contribution in [0.2, 0.25) is 0 Å². The van der Waals surface area contributed by atoms with Gasteiger partial charge < -0.3 is 14.7 Å². The summed E-state index contributed by atoms with van der Waals surface area (Å²) in [6.45, 7) is 5.10. The lowest BCUT2D eigenvalue weighted by atomic mass is 9.86. The van der Waals surface area contributed by atoms with E-state index in [9.17, 15) is 14.4 Å².